The van der Waals surface area contributed by atoms with Gasteiger partial charge in [-0.3, -0.25) is 4.79 Å². The number of amides is 1. The number of aromatic nitrogens is 2. The summed E-state index contributed by atoms with van der Waals surface area (Å²) in [6, 6.07) is 14.6. The van der Waals surface area contributed by atoms with Crippen LogP contribution < -0.4 is 10.2 Å². The van der Waals surface area contributed by atoms with Crippen molar-refractivity contribution < 1.29 is 4.79 Å². The third kappa shape index (κ3) is 5.04. The van der Waals surface area contributed by atoms with Crippen molar-refractivity contribution >= 4 is 11.7 Å². The Hall–Kier alpha value is -2.43. The Morgan fingerprint density at radius 1 is 1.23 bits per heavy atom. The van der Waals surface area contributed by atoms with E-state index in [1.807, 2.05) is 25.1 Å². The van der Waals surface area contributed by atoms with E-state index in [-0.39, 0.29) is 17.9 Å². The average Bonchev–Trinajstić information content (AvgIpc) is 2.68. The van der Waals surface area contributed by atoms with Gasteiger partial charge in [-0.15, -0.1) is 5.10 Å². The van der Waals surface area contributed by atoms with Gasteiger partial charge in [-0.1, -0.05) is 30.3 Å². The zero-order valence-corrected chi connectivity index (χ0v) is 15.7. The number of carbonyl (C=O) groups excluding carboxylic acids is 1. The molecular formula is C21H28N4O. The van der Waals surface area contributed by atoms with Gasteiger partial charge in [0.1, 0.15) is 0 Å². The number of carbonyl (C=O) groups is 1. The van der Waals surface area contributed by atoms with Crippen LogP contribution in [0.2, 0.25) is 0 Å². The first-order valence-electron chi connectivity index (χ1n) is 9.51. The Morgan fingerprint density at radius 2 is 2.04 bits per heavy atom. The summed E-state index contributed by atoms with van der Waals surface area (Å²) in [7, 11) is 0. The lowest BCUT2D eigenvalue weighted by atomic mass is 9.96. The van der Waals surface area contributed by atoms with E-state index < -0.39 is 0 Å². The first-order valence-corrected chi connectivity index (χ1v) is 9.51. The molecule has 0 radical (unpaired) electrons. The number of rotatable bonds is 6. The number of piperidine rings is 1. The predicted octanol–water partition coefficient (Wildman–Crippen LogP) is 3.14. The molecule has 0 spiro atoms. The van der Waals surface area contributed by atoms with Crippen LogP contribution in [0.25, 0.3) is 0 Å². The normalized spacial score (nSPS) is 18.4. The van der Waals surface area contributed by atoms with Crippen LogP contribution in [0.1, 0.15) is 37.4 Å². The van der Waals surface area contributed by atoms with Crippen molar-refractivity contribution in [3.63, 3.8) is 0 Å². The fraction of sp³-hybridized carbons (Fsp3) is 0.476. The molecule has 1 aliphatic rings. The highest BCUT2D eigenvalue weighted by molar-refractivity contribution is 5.79. The zero-order chi connectivity index (χ0) is 18.4. The molecule has 1 fully saturated rings. The lowest BCUT2D eigenvalue weighted by molar-refractivity contribution is -0.125. The molecule has 1 aromatic carbocycles. The van der Waals surface area contributed by atoms with Gasteiger partial charge in [-0.2, -0.15) is 5.10 Å². The fourth-order valence-corrected chi connectivity index (χ4v) is 3.42. The van der Waals surface area contributed by atoms with Crippen LogP contribution in [0.5, 0.6) is 0 Å². The van der Waals surface area contributed by atoms with E-state index in [1.165, 1.54) is 5.56 Å². The number of nitrogens with one attached hydrogen (secondary N) is 1. The van der Waals surface area contributed by atoms with Gasteiger partial charge in [-0.05, 0) is 57.2 Å². The molecule has 26 heavy (non-hydrogen) atoms. The molecule has 0 aliphatic carbocycles. The predicted molar refractivity (Wildman–Crippen MR) is 104 cm³/mol. The van der Waals surface area contributed by atoms with Crippen molar-refractivity contribution in [3.05, 3.63) is 53.7 Å². The summed E-state index contributed by atoms with van der Waals surface area (Å²) in [4.78, 5) is 14.9. The van der Waals surface area contributed by atoms with Crippen LogP contribution in [0, 0.1) is 12.8 Å². The number of aryl methyl sites for hydroxylation is 2. The molecule has 1 N–H and O–H groups in total. The first kappa shape index (κ1) is 18.4. The zero-order valence-electron chi connectivity index (χ0n) is 15.7. The molecule has 1 aliphatic heterocycles. The maximum absolute atomic E-state index is 12.7. The maximum Gasteiger partial charge on any atom is 0.225 e. The van der Waals surface area contributed by atoms with Gasteiger partial charge in [0, 0.05) is 19.1 Å². The van der Waals surface area contributed by atoms with E-state index in [0.29, 0.717) is 0 Å². The number of nitrogens with zero attached hydrogens (tertiary/aromatic N) is 3. The quantitative estimate of drug-likeness (QED) is 0.868. The number of hydrogen-bond acceptors (Lipinski definition) is 4. The maximum atomic E-state index is 12.7. The summed E-state index contributed by atoms with van der Waals surface area (Å²) in [5.41, 5.74) is 2.22. The van der Waals surface area contributed by atoms with E-state index in [0.717, 1.165) is 50.3 Å². The highest BCUT2D eigenvalue weighted by atomic mass is 16.2. The topological polar surface area (TPSA) is 58.1 Å². The summed E-state index contributed by atoms with van der Waals surface area (Å²) in [5, 5.41) is 11.6. The highest BCUT2D eigenvalue weighted by Gasteiger charge is 2.27. The standard InChI is InChI=1S/C21H28N4O/c1-16(10-12-18-7-4-3-5-8-18)22-21(26)19-9-6-14-25(15-19)20-13-11-17(2)23-24-20/h3-5,7-8,11,13,16,19H,6,9-10,12,14-15H2,1-2H3,(H,22,26). The first-order chi connectivity index (χ1) is 12.6. The van der Waals surface area contributed by atoms with Crippen molar-refractivity contribution in [2.24, 2.45) is 5.92 Å². The Morgan fingerprint density at radius 3 is 2.77 bits per heavy atom. The van der Waals surface area contributed by atoms with Gasteiger partial charge < -0.3 is 10.2 Å². The second-order valence-electron chi connectivity index (χ2n) is 7.25. The van der Waals surface area contributed by atoms with Crippen LogP contribution in [0.3, 0.4) is 0 Å². The molecular weight excluding hydrogens is 324 g/mol. The van der Waals surface area contributed by atoms with Crippen LogP contribution in [-0.2, 0) is 11.2 Å². The van der Waals surface area contributed by atoms with Gasteiger partial charge >= 0.3 is 0 Å². The van der Waals surface area contributed by atoms with E-state index in [2.05, 4.69) is 51.6 Å². The Bertz CT molecular complexity index is 702. The molecule has 5 heteroatoms. The number of benzene rings is 1. The molecule has 0 bridgehead atoms. The third-order valence-electron chi connectivity index (χ3n) is 5.00. The van der Waals surface area contributed by atoms with Crippen LogP contribution in [0.4, 0.5) is 5.82 Å². The van der Waals surface area contributed by atoms with Crippen LogP contribution >= 0.6 is 0 Å². The third-order valence-corrected chi connectivity index (χ3v) is 5.00. The summed E-state index contributed by atoms with van der Waals surface area (Å²) < 4.78 is 0. The van der Waals surface area contributed by atoms with Gasteiger partial charge in [0.05, 0.1) is 11.6 Å². The van der Waals surface area contributed by atoms with Crippen molar-refractivity contribution in [2.75, 3.05) is 18.0 Å². The van der Waals surface area contributed by atoms with Crippen LogP contribution in [0.15, 0.2) is 42.5 Å². The fourth-order valence-electron chi connectivity index (χ4n) is 3.42. The van der Waals surface area contributed by atoms with Gasteiger partial charge in [0.2, 0.25) is 5.91 Å². The molecule has 2 atom stereocenters. The number of hydrogen-bond donors (Lipinski definition) is 1. The van der Waals surface area contributed by atoms with Crippen molar-refractivity contribution in [3.8, 4) is 0 Å². The Kier molecular flexibility index (Phi) is 6.21. The molecule has 138 valence electrons. The molecule has 5 nitrogen and oxygen atoms in total. The summed E-state index contributed by atoms with van der Waals surface area (Å²) in [5.74, 6) is 1.05. The molecule has 0 saturated carbocycles. The van der Waals surface area contributed by atoms with Gasteiger partial charge in [-0.25, -0.2) is 0 Å². The van der Waals surface area contributed by atoms with Crippen molar-refractivity contribution in [2.45, 2.75) is 45.6 Å². The van der Waals surface area contributed by atoms with E-state index in [9.17, 15) is 4.79 Å². The van der Waals surface area contributed by atoms with Crippen molar-refractivity contribution in [1.82, 2.24) is 15.5 Å². The minimum Gasteiger partial charge on any atom is -0.354 e. The monoisotopic (exact) mass is 352 g/mol. The highest BCUT2D eigenvalue weighted by Crippen LogP contribution is 2.21. The Labute approximate surface area is 155 Å². The molecule has 3 rings (SSSR count). The largest absolute Gasteiger partial charge is 0.354 e. The SMILES string of the molecule is Cc1ccc(N2CCCC(C(=O)NC(C)CCc3ccccc3)C2)nn1. The number of anilines is 1. The molecule has 1 saturated heterocycles. The summed E-state index contributed by atoms with van der Waals surface area (Å²) in [6.07, 6.45) is 3.88. The summed E-state index contributed by atoms with van der Waals surface area (Å²) >= 11 is 0. The van der Waals surface area contributed by atoms with E-state index >= 15 is 0 Å². The molecule has 2 aromatic rings. The lowest BCUT2D eigenvalue weighted by Crippen LogP contribution is -2.45. The molecule has 2 unspecified atom stereocenters. The molecule has 1 amide bonds. The minimum absolute atomic E-state index is 0.0195. The molecule has 2 heterocycles. The average molecular weight is 352 g/mol. The lowest BCUT2D eigenvalue weighted by Gasteiger charge is -2.33. The minimum atomic E-state index is 0.0195. The second-order valence-corrected chi connectivity index (χ2v) is 7.25. The second kappa shape index (κ2) is 8.79. The van der Waals surface area contributed by atoms with Crippen molar-refractivity contribution in [1.29, 1.82) is 0 Å². The van der Waals surface area contributed by atoms with Crippen LogP contribution in [-0.4, -0.2) is 35.2 Å². The Balaban J connectivity index is 1.49. The summed E-state index contributed by atoms with van der Waals surface area (Å²) in [6.45, 7) is 5.67. The van der Waals surface area contributed by atoms with Gasteiger partial charge in [0.25, 0.3) is 0 Å². The molecule has 1 aromatic heterocycles. The smallest absolute Gasteiger partial charge is 0.225 e. The van der Waals surface area contributed by atoms with E-state index in [4.69, 9.17) is 0 Å². The van der Waals surface area contributed by atoms with E-state index in [1.54, 1.807) is 0 Å². The van der Waals surface area contributed by atoms with Gasteiger partial charge in [0.15, 0.2) is 5.82 Å².